The second-order valence-electron chi connectivity index (χ2n) is 28.2. The van der Waals surface area contributed by atoms with Gasteiger partial charge in [0.25, 0.3) is 0 Å². The van der Waals surface area contributed by atoms with E-state index in [1.54, 1.807) is 0 Å². The zero-order valence-electron chi connectivity index (χ0n) is 60.2. The van der Waals surface area contributed by atoms with Crippen molar-refractivity contribution < 1.29 is 80.2 Å². The van der Waals surface area contributed by atoms with Gasteiger partial charge in [0.15, 0.2) is 12.2 Å². The van der Waals surface area contributed by atoms with Crippen molar-refractivity contribution in [3.63, 3.8) is 0 Å². The molecule has 546 valence electrons. The Bertz CT molecular complexity index is 1820. The first-order chi connectivity index (χ1) is 44.1. The largest absolute Gasteiger partial charge is 0.472 e. The van der Waals surface area contributed by atoms with Crippen molar-refractivity contribution >= 4 is 39.5 Å². The molecular weight excluding hydrogens is 1210 g/mol. The molecule has 0 saturated heterocycles. The van der Waals surface area contributed by atoms with E-state index in [1.807, 2.05) is 0 Å². The van der Waals surface area contributed by atoms with E-state index in [0.717, 1.165) is 115 Å². The van der Waals surface area contributed by atoms with Crippen LogP contribution in [-0.2, 0) is 65.4 Å². The highest BCUT2D eigenvalue weighted by molar-refractivity contribution is 7.47. The molecule has 0 radical (unpaired) electrons. The van der Waals surface area contributed by atoms with Gasteiger partial charge < -0.3 is 33.8 Å². The van der Waals surface area contributed by atoms with Crippen molar-refractivity contribution in [2.75, 3.05) is 39.6 Å². The number of ether oxygens (including phenoxy) is 4. The quantitative estimate of drug-likeness (QED) is 0.0222. The molecule has 0 fully saturated rings. The third-order valence-electron chi connectivity index (χ3n) is 16.8. The zero-order valence-corrected chi connectivity index (χ0v) is 62.0. The highest BCUT2D eigenvalue weighted by Crippen LogP contribution is 2.45. The first-order valence-electron chi connectivity index (χ1n) is 37.7. The van der Waals surface area contributed by atoms with Gasteiger partial charge in [0, 0.05) is 25.7 Å². The normalized spacial score (nSPS) is 14.2. The fourth-order valence-corrected chi connectivity index (χ4v) is 12.6. The SMILES string of the molecule is CC(C)CCCCCCCCCCCCCCCCC(=O)O[C@H](COC(=O)CCCCCCCCC(C)C)COP(=O)(O)OCC(O)COP(=O)(O)OC[C@@H](COC(=O)CCCCCCCCCC(C)C)OC(=O)CCCCCCCCCCCCCCCC(C)C. The van der Waals surface area contributed by atoms with Gasteiger partial charge in [-0.2, -0.15) is 0 Å². The molecule has 3 N–H and O–H groups in total. The molecule has 0 aromatic rings. The number of carbonyl (C=O) groups is 4. The molecule has 0 aromatic carbocycles. The number of unbranched alkanes of at least 4 members (excludes halogenated alkanes) is 36. The topological polar surface area (TPSA) is 237 Å². The van der Waals surface area contributed by atoms with Gasteiger partial charge in [0.05, 0.1) is 26.4 Å². The first kappa shape index (κ1) is 90.1. The third kappa shape index (κ3) is 66.7. The van der Waals surface area contributed by atoms with E-state index in [1.165, 1.54) is 154 Å². The summed E-state index contributed by atoms with van der Waals surface area (Å²) in [7, 11) is -9.91. The summed E-state index contributed by atoms with van der Waals surface area (Å²) in [5, 5.41) is 10.6. The van der Waals surface area contributed by atoms with Crippen molar-refractivity contribution in [1.29, 1.82) is 0 Å². The number of hydrogen-bond donors (Lipinski definition) is 3. The first-order valence-corrected chi connectivity index (χ1v) is 40.7. The highest BCUT2D eigenvalue weighted by atomic mass is 31.2. The number of rotatable bonds is 70. The molecule has 92 heavy (non-hydrogen) atoms. The smallest absolute Gasteiger partial charge is 0.462 e. The lowest BCUT2D eigenvalue weighted by atomic mass is 10.0. The predicted molar refractivity (Wildman–Crippen MR) is 372 cm³/mol. The Hall–Kier alpha value is -1.94. The Kier molecular flexibility index (Phi) is 61.3. The average molecular weight is 1350 g/mol. The van der Waals surface area contributed by atoms with Crippen molar-refractivity contribution in [3.8, 4) is 0 Å². The van der Waals surface area contributed by atoms with Crippen molar-refractivity contribution in [2.45, 2.75) is 382 Å². The molecule has 0 aromatic heterocycles. The number of carbonyl (C=O) groups excluding carboxylic acids is 4. The lowest BCUT2D eigenvalue weighted by Crippen LogP contribution is -2.30. The highest BCUT2D eigenvalue weighted by Gasteiger charge is 2.30. The maximum Gasteiger partial charge on any atom is 0.472 e. The molecule has 5 atom stereocenters. The van der Waals surface area contributed by atoms with Crippen LogP contribution in [0.4, 0.5) is 0 Å². The minimum atomic E-state index is -4.95. The maximum absolute atomic E-state index is 13.0. The summed E-state index contributed by atoms with van der Waals surface area (Å²) in [6.45, 7) is 14.1. The number of aliphatic hydroxyl groups excluding tert-OH is 1. The lowest BCUT2D eigenvalue weighted by molar-refractivity contribution is -0.161. The van der Waals surface area contributed by atoms with Crippen LogP contribution in [0, 0.1) is 23.7 Å². The maximum atomic E-state index is 13.0. The number of hydrogen-bond acceptors (Lipinski definition) is 15. The van der Waals surface area contributed by atoms with Gasteiger partial charge in [-0.25, -0.2) is 9.13 Å². The van der Waals surface area contributed by atoms with Gasteiger partial charge in [0.1, 0.15) is 19.3 Å². The summed E-state index contributed by atoms with van der Waals surface area (Å²) in [6.07, 6.45) is 46.1. The molecule has 19 heteroatoms. The summed E-state index contributed by atoms with van der Waals surface area (Å²) >= 11 is 0. The molecule has 0 heterocycles. The van der Waals surface area contributed by atoms with Crippen LogP contribution < -0.4 is 0 Å². The Morgan fingerprint density at radius 3 is 0.674 bits per heavy atom. The summed E-state index contributed by atoms with van der Waals surface area (Å²) in [4.78, 5) is 72.6. The van der Waals surface area contributed by atoms with Crippen LogP contribution >= 0.6 is 15.6 Å². The van der Waals surface area contributed by atoms with Gasteiger partial charge in [-0.05, 0) is 49.4 Å². The predicted octanol–water partition coefficient (Wildman–Crippen LogP) is 20.9. The van der Waals surface area contributed by atoms with Crippen LogP contribution in [0.3, 0.4) is 0 Å². The number of esters is 4. The Morgan fingerprint density at radius 1 is 0.272 bits per heavy atom. The van der Waals surface area contributed by atoms with Crippen LogP contribution in [0.2, 0.25) is 0 Å². The van der Waals surface area contributed by atoms with Crippen molar-refractivity contribution in [3.05, 3.63) is 0 Å². The van der Waals surface area contributed by atoms with Gasteiger partial charge >= 0.3 is 39.5 Å². The fraction of sp³-hybridized carbons (Fsp3) is 0.945. The van der Waals surface area contributed by atoms with E-state index in [9.17, 15) is 43.2 Å². The van der Waals surface area contributed by atoms with Crippen LogP contribution in [-0.4, -0.2) is 96.7 Å². The van der Waals surface area contributed by atoms with Crippen LogP contribution in [0.25, 0.3) is 0 Å². The summed E-state index contributed by atoms with van der Waals surface area (Å²) in [6, 6.07) is 0. The Balaban J connectivity index is 5.21. The van der Waals surface area contributed by atoms with E-state index in [4.69, 9.17) is 37.0 Å². The molecule has 0 rings (SSSR count). The van der Waals surface area contributed by atoms with Gasteiger partial charge in [-0.3, -0.25) is 37.3 Å². The zero-order chi connectivity index (χ0) is 68.2. The lowest BCUT2D eigenvalue weighted by Gasteiger charge is -2.21. The second kappa shape index (κ2) is 62.6. The number of phosphoric ester groups is 2. The molecule has 3 unspecified atom stereocenters. The second-order valence-corrected chi connectivity index (χ2v) is 31.1. The average Bonchev–Trinajstić information content (AvgIpc) is 1.61. The molecule has 0 amide bonds. The van der Waals surface area contributed by atoms with Crippen molar-refractivity contribution in [2.24, 2.45) is 23.7 Å². The monoisotopic (exact) mass is 1350 g/mol. The molecule has 0 aliphatic rings. The van der Waals surface area contributed by atoms with E-state index in [0.29, 0.717) is 37.5 Å². The van der Waals surface area contributed by atoms with Crippen LogP contribution in [0.5, 0.6) is 0 Å². The van der Waals surface area contributed by atoms with Gasteiger partial charge in [-0.1, -0.05) is 312 Å². The van der Waals surface area contributed by atoms with Crippen LogP contribution in [0.1, 0.15) is 364 Å². The minimum Gasteiger partial charge on any atom is -0.462 e. The van der Waals surface area contributed by atoms with E-state index >= 15 is 0 Å². The van der Waals surface area contributed by atoms with Gasteiger partial charge in [0.2, 0.25) is 0 Å². The van der Waals surface area contributed by atoms with Crippen molar-refractivity contribution in [1.82, 2.24) is 0 Å². The summed E-state index contributed by atoms with van der Waals surface area (Å²) in [5.41, 5.74) is 0. The fourth-order valence-electron chi connectivity index (χ4n) is 11.0. The van der Waals surface area contributed by atoms with Gasteiger partial charge in [-0.15, -0.1) is 0 Å². The van der Waals surface area contributed by atoms with Crippen LogP contribution in [0.15, 0.2) is 0 Å². The minimum absolute atomic E-state index is 0.106. The Morgan fingerprint density at radius 2 is 0.457 bits per heavy atom. The third-order valence-corrected chi connectivity index (χ3v) is 18.7. The molecular formula is C73H142O17P2. The van der Waals surface area contributed by atoms with E-state index in [-0.39, 0.29) is 25.7 Å². The number of phosphoric acid groups is 2. The van der Waals surface area contributed by atoms with E-state index in [2.05, 4.69) is 55.4 Å². The molecule has 0 spiro atoms. The standard InChI is InChI=1S/C73H142O17P2/c1-63(2)49-41-33-25-20-16-12-9-10-14-18-22-28-39-47-55-73(78)90-69(60-84-71(76)54-46-38-32-31-36-44-52-66(7)8)62-88-92(81,82)86-58-67(74)57-85-91(79,80)87-61-68(59-83-70(75)53-45-37-30-24-27-35-43-51-65(5)6)89-72(77)56-48-40-29-23-19-15-11-13-17-21-26-34-42-50-64(3)4/h63-69,74H,9-62H2,1-8H3,(H,79,80)(H,81,82)/t67?,68-,69-/m1/s1. The Labute approximate surface area is 562 Å². The van der Waals surface area contributed by atoms with E-state index < -0.39 is 97.5 Å². The molecule has 0 aliphatic heterocycles. The molecule has 0 saturated carbocycles. The number of aliphatic hydroxyl groups is 1. The molecule has 17 nitrogen and oxygen atoms in total. The molecule has 0 bridgehead atoms. The summed E-state index contributed by atoms with van der Waals surface area (Å²) < 4.78 is 68.4. The molecule has 0 aliphatic carbocycles. The summed E-state index contributed by atoms with van der Waals surface area (Å²) in [5.74, 6) is 0.839.